The summed E-state index contributed by atoms with van der Waals surface area (Å²) in [7, 11) is 1.71. The molecule has 1 saturated heterocycles. The number of hydroxylamine groups is 1. The number of anilines is 1. The number of nitrogens with zero attached hydrogens (tertiary/aromatic N) is 2. The summed E-state index contributed by atoms with van der Waals surface area (Å²) in [5.41, 5.74) is 0.136. The lowest BCUT2D eigenvalue weighted by atomic mass is 9.94. The van der Waals surface area contributed by atoms with Crippen LogP contribution in [-0.2, 0) is 20.8 Å². The van der Waals surface area contributed by atoms with E-state index in [0.717, 1.165) is 37.5 Å². The minimum Gasteiger partial charge on any atom is -0.380 e. The van der Waals surface area contributed by atoms with Crippen molar-refractivity contribution in [1.29, 1.82) is 0 Å². The molecule has 0 aliphatic carbocycles. The summed E-state index contributed by atoms with van der Waals surface area (Å²) in [6.45, 7) is 4.47. The zero-order valence-electron chi connectivity index (χ0n) is 16.3. The number of para-hydroxylation sites is 1. The van der Waals surface area contributed by atoms with Gasteiger partial charge in [0.2, 0.25) is 5.91 Å². The number of rotatable bonds is 8. The average Bonchev–Trinajstić information content (AvgIpc) is 3.21. The maximum atomic E-state index is 14.1. The zero-order valence-corrected chi connectivity index (χ0v) is 17.2. The molecule has 2 aromatic rings. The van der Waals surface area contributed by atoms with Gasteiger partial charge in [-0.3, -0.25) is 9.63 Å². The van der Waals surface area contributed by atoms with Crippen LogP contribution in [-0.4, -0.2) is 50.3 Å². The Hall–Kier alpha value is -1.80. The predicted molar refractivity (Wildman–Crippen MR) is 109 cm³/mol. The van der Waals surface area contributed by atoms with E-state index in [9.17, 15) is 9.18 Å². The number of piperidine rings is 1. The lowest BCUT2D eigenvalue weighted by Crippen LogP contribution is -2.47. The molecule has 5 nitrogen and oxygen atoms in total. The van der Waals surface area contributed by atoms with E-state index in [2.05, 4.69) is 22.4 Å². The minimum absolute atomic E-state index is 0.0199. The second kappa shape index (κ2) is 10.1. The van der Waals surface area contributed by atoms with Crippen molar-refractivity contribution in [3.05, 3.63) is 52.5 Å². The van der Waals surface area contributed by atoms with Crippen LogP contribution in [0.1, 0.15) is 18.2 Å². The Morgan fingerprint density at radius 1 is 1.32 bits per heavy atom. The highest BCUT2D eigenvalue weighted by Crippen LogP contribution is 2.24. The van der Waals surface area contributed by atoms with E-state index >= 15 is 0 Å². The molecule has 3 rings (SSSR count). The number of thiophene rings is 1. The van der Waals surface area contributed by atoms with Crippen molar-refractivity contribution in [2.45, 2.75) is 25.9 Å². The Kier molecular flexibility index (Phi) is 7.56. The molecule has 152 valence electrons. The highest BCUT2D eigenvalue weighted by atomic mass is 32.1. The number of likely N-dealkylation sites (tertiary alicyclic amines) is 1. The Labute approximate surface area is 169 Å². The van der Waals surface area contributed by atoms with Gasteiger partial charge >= 0.3 is 0 Å². The van der Waals surface area contributed by atoms with Gasteiger partial charge in [0.05, 0.1) is 12.7 Å². The molecular weight excluding hydrogens is 379 g/mol. The maximum absolute atomic E-state index is 14.1. The molecule has 1 aromatic carbocycles. The monoisotopic (exact) mass is 406 g/mol. The van der Waals surface area contributed by atoms with E-state index < -0.39 is 5.82 Å². The fourth-order valence-electron chi connectivity index (χ4n) is 3.53. The number of amides is 1. The lowest BCUT2D eigenvalue weighted by molar-refractivity contribution is -0.126. The summed E-state index contributed by atoms with van der Waals surface area (Å²) in [6, 6.07) is 10.4. The summed E-state index contributed by atoms with van der Waals surface area (Å²) in [5, 5.41) is 3.15. The summed E-state index contributed by atoms with van der Waals surface area (Å²) in [6.07, 6.45) is 1.97. The number of hydrogen-bond donors (Lipinski definition) is 0. The third-order valence-corrected chi connectivity index (χ3v) is 6.05. The lowest BCUT2D eigenvalue weighted by Gasteiger charge is -2.38. The van der Waals surface area contributed by atoms with Crippen molar-refractivity contribution in [2.24, 2.45) is 5.92 Å². The highest BCUT2D eigenvalue weighted by Gasteiger charge is 2.30. The molecule has 1 fully saturated rings. The minimum atomic E-state index is -0.482. The Bertz CT molecular complexity index is 756. The second-order valence-corrected chi connectivity index (χ2v) is 8.05. The van der Waals surface area contributed by atoms with Crippen LogP contribution in [0.25, 0.3) is 0 Å². The molecule has 0 saturated carbocycles. The Balaban J connectivity index is 1.55. The molecule has 0 bridgehead atoms. The standard InChI is InChI=1S/C21H27FN2O3S/c1-16(25)24(20-8-4-3-7-19(20)22)27-15-17-9-11-23(14-21(17)26-2)12-10-18-6-5-13-28-18/h3-8,13,17,21H,9-12,14-15H2,1-2H3/t17-,21-/m0/s1. The summed E-state index contributed by atoms with van der Waals surface area (Å²) >= 11 is 1.79. The predicted octanol–water partition coefficient (Wildman–Crippen LogP) is 3.75. The average molecular weight is 407 g/mol. The number of carbonyl (C=O) groups excluding carboxylic acids is 1. The van der Waals surface area contributed by atoms with Gasteiger partial charge < -0.3 is 9.64 Å². The molecule has 1 aliphatic rings. The fourth-order valence-corrected chi connectivity index (χ4v) is 4.23. The molecular formula is C21H27FN2O3S. The van der Waals surface area contributed by atoms with E-state index in [0.29, 0.717) is 6.61 Å². The van der Waals surface area contributed by atoms with Gasteiger partial charge in [0.1, 0.15) is 11.5 Å². The van der Waals surface area contributed by atoms with Gasteiger partial charge in [-0.15, -0.1) is 11.3 Å². The van der Waals surface area contributed by atoms with Crippen LogP contribution in [0.4, 0.5) is 10.1 Å². The first-order chi connectivity index (χ1) is 13.6. The first kappa shape index (κ1) is 20.9. The molecule has 2 atom stereocenters. The van der Waals surface area contributed by atoms with Crippen molar-refractivity contribution in [3.8, 4) is 0 Å². The van der Waals surface area contributed by atoms with Gasteiger partial charge in [0, 0.05) is 37.9 Å². The van der Waals surface area contributed by atoms with E-state index in [4.69, 9.17) is 9.57 Å². The Morgan fingerprint density at radius 3 is 2.82 bits per heavy atom. The zero-order chi connectivity index (χ0) is 19.9. The molecule has 1 aromatic heterocycles. The third-order valence-electron chi connectivity index (χ3n) is 5.11. The van der Waals surface area contributed by atoms with E-state index in [1.165, 1.54) is 23.9 Å². The topological polar surface area (TPSA) is 42.0 Å². The molecule has 28 heavy (non-hydrogen) atoms. The van der Waals surface area contributed by atoms with Crippen LogP contribution in [0.15, 0.2) is 41.8 Å². The number of ether oxygens (including phenoxy) is 1. The molecule has 1 amide bonds. The normalized spacial score (nSPS) is 20.2. The molecule has 0 unspecified atom stereocenters. The first-order valence-electron chi connectivity index (χ1n) is 9.54. The van der Waals surface area contributed by atoms with E-state index in [-0.39, 0.29) is 23.6 Å². The molecule has 0 spiro atoms. The number of benzene rings is 1. The van der Waals surface area contributed by atoms with Crippen molar-refractivity contribution >= 4 is 22.9 Å². The Morgan fingerprint density at radius 2 is 2.14 bits per heavy atom. The van der Waals surface area contributed by atoms with Crippen LogP contribution in [0, 0.1) is 11.7 Å². The first-order valence-corrected chi connectivity index (χ1v) is 10.4. The van der Waals surface area contributed by atoms with Gasteiger partial charge in [0.25, 0.3) is 0 Å². The molecule has 2 heterocycles. The summed E-state index contributed by atoms with van der Waals surface area (Å²) in [5.74, 6) is -0.687. The van der Waals surface area contributed by atoms with Crippen LogP contribution >= 0.6 is 11.3 Å². The number of methoxy groups -OCH3 is 1. The van der Waals surface area contributed by atoms with Crippen LogP contribution in [0.2, 0.25) is 0 Å². The van der Waals surface area contributed by atoms with Gasteiger partial charge in [-0.1, -0.05) is 18.2 Å². The van der Waals surface area contributed by atoms with Crippen molar-refractivity contribution in [3.63, 3.8) is 0 Å². The largest absolute Gasteiger partial charge is 0.380 e. The highest BCUT2D eigenvalue weighted by molar-refractivity contribution is 7.09. The number of hydrogen-bond acceptors (Lipinski definition) is 5. The third kappa shape index (κ3) is 5.38. The van der Waals surface area contributed by atoms with Crippen LogP contribution in [0.5, 0.6) is 0 Å². The quantitative estimate of drug-likeness (QED) is 0.626. The number of halogens is 1. The SMILES string of the molecule is CO[C@H]1CN(CCc2cccs2)CC[C@H]1CON(C(C)=O)c1ccccc1F. The van der Waals surface area contributed by atoms with Crippen LogP contribution < -0.4 is 5.06 Å². The molecule has 1 aliphatic heterocycles. The summed E-state index contributed by atoms with van der Waals surface area (Å²) in [4.78, 5) is 21.5. The molecule has 0 N–H and O–H groups in total. The van der Waals surface area contributed by atoms with Crippen molar-refractivity contribution in [2.75, 3.05) is 38.4 Å². The van der Waals surface area contributed by atoms with Crippen molar-refractivity contribution < 1.29 is 18.8 Å². The van der Waals surface area contributed by atoms with Gasteiger partial charge in [-0.25, -0.2) is 4.39 Å². The van der Waals surface area contributed by atoms with Crippen LogP contribution in [0.3, 0.4) is 0 Å². The van der Waals surface area contributed by atoms with Gasteiger partial charge in [-0.05, 0) is 43.0 Å². The summed E-state index contributed by atoms with van der Waals surface area (Å²) < 4.78 is 19.8. The van der Waals surface area contributed by atoms with E-state index in [1.54, 1.807) is 30.6 Å². The van der Waals surface area contributed by atoms with Crippen molar-refractivity contribution in [1.82, 2.24) is 4.90 Å². The molecule has 0 radical (unpaired) electrons. The van der Waals surface area contributed by atoms with E-state index in [1.807, 2.05) is 0 Å². The fraction of sp³-hybridized carbons (Fsp3) is 0.476. The number of carbonyl (C=O) groups is 1. The molecule has 7 heteroatoms. The smallest absolute Gasteiger partial charge is 0.247 e. The second-order valence-electron chi connectivity index (χ2n) is 7.01. The van der Waals surface area contributed by atoms with Gasteiger partial charge in [-0.2, -0.15) is 5.06 Å². The van der Waals surface area contributed by atoms with Gasteiger partial charge in [0.15, 0.2) is 0 Å². The maximum Gasteiger partial charge on any atom is 0.247 e.